The molecule has 0 rings (SSSR count). The van der Waals surface area contributed by atoms with Gasteiger partial charge in [-0.25, -0.2) is 5.26 Å². The average molecular weight is 93.9 g/mol. The van der Waals surface area contributed by atoms with Crippen LogP contribution in [-0.4, -0.2) is 14.4 Å². The number of nitrogens with two attached hydrogens (primary N) is 1. The van der Waals surface area contributed by atoms with Gasteiger partial charge in [-0.3, -0.25) is 0 Å². The van der Waals surface area contributed by atoms with Crippen molar-refractivity contribution in [2.45, 2.75) is 0 Å². The van der Waals surface area contributed by atoms with E-state index in [1.807, 2.05) is 0 Å². The molecule has 0 bridgehead atoms. The minimum atomic E-state index is 0.583. The second-order valence-electron chi connectivity index (χ2n) is 0.653. The van der Waals surface area contributed by atoms with Crippen LogP contribution in [0.1, 0.15) is 0 Å². The summed E-state index contributed by atoms with van der Waals surface area (Å²) in [6.45, 7) is 3.94. The third-order valence-electron chi connectivity index (χ3n) is 0.167. The van der Waals surface area contributed by atoms with Crippen molar-refractivity contribution in [3.63, 3.8) is 0 Å². The lowest BCUT2D eigenvalue weighted by Crippen LogP contribution is -1.90. The maximum absolute atomic E-state index is 7.10. The summed E-state index contributed by atoms with van der Waals surface area (Å²) in [6, 6.07) is 0. The largest absolute Gasteiger partial charge is 0.327 e. The van der Waals surface area contributed by atoms with E-state index in [1.165, 1.54) is 5.97 Å². The molecule has 0 amide bonds. The molecule has 0 aromatic heterocycles. The molecule has 7 heavy (non-hydrogen) atoms. The zero-order valence-electron chi connectivity index (χ0n) is 4.09. The van der Waals surface area contributed by atoms with E-state index in [-0.39, 0.29) is 0 Å². The van der Waals surface area contributed by atoms with Crippen LogP contribution in [0, 0.1) is 11.2 Å². The quantitative estimate of drug-likeness (QED) is 0.360. The van der Waals surface area contributed by atoms with E-state index in [1.54, 1.807) is 6.08 Å². The van der Waals surface area contributed by atoms with Crippen molar-refractivity contribution in [1.82, 2.24) is 0 Å². The number of hydrogen-bond donors (Lipinski definition) is 1. The van der Waals surface area contributed by atoms with Crippen molar-refractivity contribution in [3.05, 3.63) is 12.7 Å². The second kappa shape index (κ2) is 18.7. The highest BCUT2D eigenvalue weighted by Crippen LogP contribution is 1.40. The first-order valence-electron chi connectivity index (χ1n) is 1.74. The molecule has 2 N–H and O–H groups in total. The lowest BCUT2D eigenvalue weighted by Gasteiger charge is -1.61. The third-order valence-corrected chi connectivity index (χ3v) is 0.167. The molecule has 0 spiro atoms. The molecular weight excluding hydrogens is 86.9 g/mol. The van der Waals surface area contributed by atoms with E-state index in [9.17, 15) is 0 Å². The molecule has 0 atom stereocenters. The summed E-state index contributed by atoms with van der Waals surface area (Å²) in [6.07, 6.45) is 1.65. The predicted molar refractivity (Wildman–Crippen MR) is 30.6 cm³/mol. The van der Waals surface area contributed by atoms with Crippen molar-refractivity contribution in [3.8, 4) is 5.97 Å². The smallest absolute Gasteiger partial charge is 0.229 e. The molecule has 2 radical (unpaired) electrons. The molecule has 0 saturated heterocycles. The molecule has 0 aliphatic rings. The van der Waals surface area contributed by atoms with Crippen LogP contribution in [0.15, 0.2) is 12.7 Å². The highest BCUT2D eigenvalue weighted by molar-refractivity contribution is 6.20. The van der Waals surface area contributed by atoms with E-state index in [0.29, 0.717) is 6.54 Å². The molecule has 0 heterocycles. The van der Waals surface area contributed by atoms with Gasteiger partial charge in [-0.2, -0.15) is 0 Å². The first-order valence-corrected chi connectivity index (χ1v) is 1.74. The number of rotatable bonds is 1. The highest BCUT2D eigenvalue weighted by Gasteiger charge is 1.43. The summed E-state index contributed by atoms with van der Waals surface area (Å²) in [7, 11) is 4.15. The van der Waals surface area contributed by atoms with Gasteiger partial charge < -0.3 is 5.73 Å². The Morgan fingerprint density at radius 3 is 2.14 bits per heavy atom. The van der Waals surface area contributed by atoms with E-state index in [0.717, 1.165) is 0 Å². The Kier molecular flexibility index (Phi) is 25.5. The monoisotopic (exact) mass is 94.1 g/mol. The summed E-state index contributed by atoms with van der Waals surface area (Å²) in [5.41, 5.74) is 4.91. The van der Waals surface area contributed by atoms with Gasteiger partial charge in [0.05, 0.1) is 0 Å². The summed E-state index contributed by atoms with van der Waals surface area (Å²) in [4.78, 5) is 0. The summed E-state index contributed by atoms with van der Waals surface area (Å²) < 4.78 is 0. The van der Waals surface area contributed by atoms with E-state index >= 15 is 0 Å². The molecule has 0 saturated carbocycles. The van der Waals surface area contributed by atoms with E-state index in [2.05, 4.69) is 14.4 Å². The summed E-state index contributed by atoms with van der Waals surface area (Å²) in [5.74, 6) is 1.25. The molecule has 0 fully saturated rings. The lowest BCUT2D eigenvalue weighted by atomic mass is 10.2. The molecule has 0 aliphatic heterocycles. The van der Waals surface area contributed by atoms with Gasteiger partial charge in [0.25, 0.3) is 0 Å². The zero-order chi connectivity index (χ0) is 6.12. The number of nitriles is 1. The van der Waals surface area contributed by atoms with Crippen molar-refractivity contribution >= 4 is 7.85 Å². The van der Waals surface area contributed by atoms with Gasteiger partial charge in [0.1, 0.15) is 0 Å². The fourth-order valence-corrected chi connectivity index (χ4v) is 0. The second-order valence-corrected chi connectivity index (χ2v) is 0.653. The Hall–Kier alpha value is -0.745. The van der Waals surface area contributed by atoms with Gasteiger partial charge >= 0.3 is 0 Å². The van der Waals surface area contributed by atoms with Crippen LogP contribution in [0.2, 0.25) is 0 Å². The fraction of sp³-hybridized carbons (Fsp3) is 0.250. The zero-order valence-corrected chi connectivity index (χ0v) is 4.09. The molecular formula is C4H7BN2. The fourth-order valence-electron chi connectivity index (χ4n) is 0. The van der Waals surface area contributed by atoms with Crippen molar-refractivity contribution in [2.75, 3.05) is 6.54 Å². The number of nitrogens with zero attached hydrogens (tertiary/aromatic N) is 1. The maximum Gasteiger partial charge on any atom is 0.229 e. The Labute approximate surface area is 45.0 Å². The number of hydrogen-bond acceptors (Lipinski definition) is 2. The van der Waals surface area contributed by atoms with E-state index in [4.69, 9.17) is 11.0 Å². The van der Waals surface area contributed by atoms with Crippen molar-refractivity contribution in [1.29, 1.82) is 5.26 Å². The minimum absolute atomic E-state index is 0.583. The minimum Gasteiger partial charge on any atom is -0.327 e. The van der Waals surface area contributed by atoms with Gasteiger partial charge in [0.15, 0.2) is 0 Å². The molecule has 0 unspecified atom stereocenters. The van der Waals surface area contributed by atoms with Crippen LogP contribution < -0.4 is 5.73 Å². The topological polar surface area (TPSA) is 49.8 Å². The van der Waals surface area contributed by atoms with Gasteiger partial charge in [0, 0.05) is 6.54 Å². The van der Waals surface area contributed by atoms with Crippen LogP contribution in [0.5, 0.6) is 0 Å². The van der Waals surface area contributed by atoms with Crippen LogP contribution >= 0.6 is 0 Å². The molecule has 3 heteroatoms. The first kappa shape index (κ1) is 9.54. The summed E-state index contributed by atoms with van der Waals surface area (Å²) in [5, 5.41) is 7.10. The van der Waals surface area contributed by atoms with Gasteiger partial charge in [-0.15, -0.1) is 6.58 Å². The standard InChI is InChI=1S/C3H7N.CBN/c1-2-3-4;2-1-3/h2H,1,3-4H2;. The maximum atomic E-state index is 7.10. The Morgan fingerprint density at radius 1 is 2.00 bits per heavy atom. The van der Waals surface area contributed by atoms with Gasteiger partial charge in [-0.1, -0.05) is 6.08 Å². The lowest BCUT2D eigenvalue weighted by molar-refractivity contribution is 1.26. The Morgan fingerprint density at radius 2 is 2.14 bits per heavy atom. The van der Waals surface area contributed by atoms with Crippen molar-refractivity contribution < 1.29 is 0 Å². The van der Waals surface area contributed by atoms with Gasteiger partial charge in [-0.05, 0) is 5.97 Å². The van der Waals surface area contributed by atoms with Crippen LogP contribution in [0.4, 0.5) is 0 Å². The average Bonchev–Trinajstić information content (AvgIpc) is 1.69. The first-order chi connectivity index (χ1) is 3.33. The predicted octanol–water partition coefficient (Wildman–Crippen LogP) is -0.233. The molecule has 2 nitrogen and oxygen atoms in total. The molecule has 0 aromatic carbocycles. The summed E-state index contributed by atoms with van der Waals surface area (Å²) >= 11 is 0. The van der Waals surface area contributed by atoms with Crippen LogP contribution in [-0.2, 0) is 0 Å². The SMILES string of the molecule is C=CCN.[B]C#N. The van der Waals surface area contributed by atoms with Gasteiger partial charge in [0.2, 0.25) is 7.85 Å². The van der Waals surface area contributed by atoms with E-state index < -0.39 is 0 Å². The van der Waals surface area contributed by atoms with Crippen LogP contribution in [0.25, 0.3) is 0 Å². The van der Waals surface area contributed by atoms with Crippen molar-refractivity contribution in [2.24, 2.45) is 5.73 Å². The molecule has 0 aliphatic carbocycles. The Balaban J connectivity index is 0. The van der Waals surface area contributed by atoms with Crippen LogP contribution in [0.3, 0.4) is 0 Å². The molecule has 36 valence electrons. The highest BCUT2D eigenvalue weighted by atomic mass is 14.5. The third kappa shape index (κ3) is 857. The Bertz CT molecular complexity index is 64.6. The molecule has 0 aromatic rings. The normalized spacial score (nSPS) is 4.57.